The second kappa shape index (κ2) is 5.13. The first-order valence-electron chi connectivity index (χ1n) is 6.20. The smallest absolute Gasteiger partial charge is 0.173 e. The summed E-state index contributed by atoms with van der Waals surface area (Å²) in [5.74, 6) is 1.22. The fourth-order valence-corrected chi connectivity index (χ4v) is 2.79. The average molecular weight is 320 g/mol. The zero-order chi connectivity index (χ0) is 13.2. The Morgan fingerprint density at radius 1 is 1.37 bits per heavy atom. The first-order valence-corrected chi connectivity index (χ1v) is 6.99. The average Bonchev–Trinajstić information content (AvgIpc) is 2.91. The van der Waals surface area contributed by atoms with Gasteiger partial charge in [-0.05, 0) is 40.4 Å². The molecule has 3 rings (SSSR count). The highest BCUT2D eigenvalue weighted by molar-refractivity contribution is 9.10. The molecule has 1 atom stereocenters. The molecular formula is C13H14BrN5. The van der Waals surface area contributed by atoms with E-state index in [0.29, 0.717) is 10.4 Å². The number of rotatable bonds is 2. The van der Waals surface area contributed by atoms with Crippen LogP contribution in [0.5, 0.6) is 0 Å². The van der Waals surface area contributed by atoms with Crippen molar-refractivity contribution >= 4 is 27.6 Å². The Morgan fingerprint density at radius 2 is 2.26 bits per heavy atom. The van der Waals surface area contributed by atoms with Gasteiger partial charge in [0.15, 0.2) is 11.6 Å². The summed E-state index contributed by atoms with van der Waals surface area (Å²) in [6, 6.07) is 4.33. The molecule has 2 N–H and O–H groups in total. The van der Waals surface area contributed by atoms with Gasteiger partial charge in [-0.2, -0.15) is 0 Å². The van der Waals surface area contributed by atoms with E-state index < -0.39 is 0 Å². The molecule has 5 nitrogen and oxygen atoms in total. The van der Waals surface area contributed by atoms with Crippen LogP contribution in [0, 0.1) is 0 Å². The molecule has 0 amide bonds. The Labute approximate surface area is 120 Å². The zero-order valence-electron chi connectivity index (χ0n) is 10.3. The third-order valence-corrected chi connectivity index (χ3v) is 3.73. The summed E-state index contributed by atoms with van der Waals surface area (Å²) in [4.78, 5) is 15.0. The van der Waals surface area contributed by atoms with E-state index in [2.05, 4.69) is 41.8 Å². The van der Waals surface area contributed by atoms with Gasteiger partial charge >= 0.3 is 0 Å². The molecule has 1 aliphatic heterocycles. The monoisotopic (exact) mass is 319 g/mol. The number of pyridine rings is 1. The second-order valence-electron chi connectivity index (χ2n) is 4.54. The summed E-state index contributed by atoms with van der Waals surface area (Å²) in [6.07, 6.45) is 7.52. The van der Waals surface area contributed by atoms with Gasteiger partial charge in [0.05, 0.1) is 12.2 Å². The molecule has 0 unspecified atom stereocenters. The standard InChI is InChI=1S/C13H14BrN5/c14-11-8-17-12(15)13(18-11)19-6-2-4-10(19)9-3-1-5-16-7-9/h1,3,5,7-8,10H,2,4,6H2,(H2,15,17)/t10-/m0/s1. The second-order valence-corrected chi connectivity index (χ2v) is 5.35. The SMILES string of the molecule is Nc1ncc(Br)nc1N1CCC[C@H]1c1cccnc1. The van der Waals surface area contributed by atoms with Gasteiger partial charge in [0.2, 0.25) is 0 Å². The lowest BCUT2D eigenvalue weighted by molar-refractivity contribution is 0.707. The number of hydrogen-bond donors (Lipinski definition) is 1. The van der Waals surface area contributed by atoms with Crippen LogP contribution in [0.1, 0.15) is 24.4 Å². The van der Waals surface area contributed by atoms with Crippen molar-refractivity contribution in [1.82, 2.24) is 15.0 Å². The van der Waals surface area contributed by atoms with E-state index in [1.165, 1.54) is 5.56 Å². The molecule has 1 saturated heterocycles. The van der Waals surface area contributed by atoms with Crippen molar-refractivity contribution in [2.75, 3.05) is 17.2 Å². The van der Waals surface area contributed by atoms with Gasteiger partial charge in [0, 0.05) is 18.9 Å². The van der Waals surface area contributed by atoms with E-state index in [4.69, 9.17) is 5.73 Å². The van der Waals surface area contributed by atoms with Crippen LogP contribution in [0.2, 0.25) is 0 Å². The molecule has 0 spiro atoms. The Bertz CT molecular complexity index is 575. The van der Waals surface area contributed by atoms with Gasteiger partial charge in [-0.25, -0.2) is 9.97 Å². The Morgan fingerprint density at radius 3 is 3.05 bits per heavy atom. The lowest BCUT2D eigenvalue weighted by Crippen LogP contribution is -2.25. The molecule has 1 aliphatic rings. The molecule has 0 aliphatic carbocycles. The number of nitrogens with zero attached hydrogens (tertiary/aromatic N) is 4. The van der Waals surface area contributed by atoms with Crippen LogP contribution in [0.3, 0.4) is 0 Å². The Hall–Kier alpha value is -1.69. The first kappa shape index (κ1) is 12.3. The minimum Gasteiger partial charge on any atom is -0.381 e. The van der Waals surface area contributed by atoms with E-state index in [9.17, 15) is 0 Å². The predicted octanol–water partition coefficient (Wildman–Crippen LogP) is 2.56. The van der Waals surface area contributed by atoms with Gasteiger partial charge in [0.25, 0.3) is 0 Å². The normalized spacial score (nSPS) is 18.8. The number of halogens is 1. The predicted molar refractivity (Wildman–Crippen MR) is 77.7 cm³/mol. The number of nitrogens with two attached hydrogens (primary N) is 1. The van der Waals surface area contributed by atoms with Crippen molar-refractivity contribution in [2.45, 2.75) is 18.9 Å². The maximum absolute atomic E-state index is 5.96. The number of aromatic nitrogens is 3. The summed E-state index contributed by atoms with van der Waals surface area (Å²) in [5.41, 5.74) is 7.15. The first-order chi connectivity index (χ1) is 9.25. The van der Waals surface area contributed by atoms with Crippen LogP contribution in [0.4, 0.5) is 11.6 Å². The third-order valence-electron chi connectivity index (χ3n) is 3.35. The molecule has 98 valence electrons. The van der Waals surface area contributed by atoms with E-state index in [1.54, 1.807) is 12.4 Å². The highest BCUT2D eigenvalue weighted by atomic mass is 79.9. The molecule has 3 heterocycles. The minimum atomic E-state index is 0.277. The van der Waals surface area contributed by atoms with Crippen LogP contribution in [0.15, 0.2) is 35.3 Å². The molecule has 2 aromatic heterocycles. The Kier molecular flexibility index (Phi) is 3.33. The molecule has 2 aromatic rings. The largest absolute Gasteiger partial charge is 0.381 e. The molecule has 0 radical (unpaired) electrons. The van der Waals surface area contributed by atoms with Crippen molar-refractivity contribution in [2.24, 2.45) is 0 Å². The summed E-state index contributed by atoms with van der Waals surface area (Å²) in [6.45, 7) is 0.939. The van der Waals surface area contributed by atoms with Crippen molar-refractivity contribution in [3.05, 3.63) is 40.9 Å². The highest BCUT2D eigenvalue weighted by Gasteiger charge is 2.29. The van der Waals surface area contributed by atoms with Gasteiger partial charge in [0.1, 0.15) is 4.60 Å². The molecule has 6 heteroatoms. The van der Waals surface area contributed by atoms with Gasteiger partial charge < -0.3 is 10.6 Å². The quantitative estimate of drug-likeness (QED) is 0.921. The van der Waals surface area contributed by atoms with Crippen LogP contribution in [0.25, 0.3) is 0 Å². The molecule has 0 saturated carbocycles. The lowest BCUT2D eigenvalue weighted by Gasteiger charge is -2.26. The van der Waals surface area contributed by atoms with E-state index in [0.717, 1.165) is 25.2 Å². The minimum absolute atomic E-state index is 0.277. The van der Waals surface area contributed by atoms with Crippen molar-refractivity contribution in [1.29, 1.82) is 0 Å². The van der Waals surface area contributed by atoms with E-state index in [1.807, 2.05) is 12.3 Å². The number of anilines is 2. The zero-order valence-corrected chi connectivity index (χ0v) is 11.9. The van der Waals surface area contributed by atoms with Crippen LogP contribution < -0.4 is 10.6 Å². The highest BCUT2D eigenvalue weighted by Crippen LogP contribution is 2.37. The fourth-order valence-electron chi connectivity index (χ4n) is 2.52. The van der Waals surface area contributed by atoms with Crippen LogP contribution in [-0.2, 0) is 0 Å². The molecular weight excluding hydrogens is 306 g/mol. The maximum atomic E-state index is 5.96. The lowest BCUT2D eigenvalue weighted by atomic mass is 10.1. The summed E-state index contributed by atoms with van der Waals surface area (Å²) in [5, 5.41) is 0. The summed E-state index contributed by atoms with van der Waals surface area (Å²) >= 11 is 3.35. The number of nitrogen functional groups attached to an aromatic ring is 1. The summed E-state index contributed by atoms with van der Waals surface area (Å²) in [7, 11) is 0. The maximum Gasteiger partial charge on any atom is 0.173 e. The Balaban J connectivity index is 1.97. The van der Waals surface area contributed by atoms with Crippen molar-refractivity contribution in [3.8, 4) is 0 Å². The summed E-state index contributed by atoms with van der Waals surface area (Å²) < 4.78 is 0.702. The third kappa shape index (κ3) is 2.40. The van der Waals surface area contributed by atoms with Gasteiger partial charge in [-0.3, -0.25) is 4.98 Å². The fraction of sp³-hybridized carbons (Fsp3) is 0.308. The molecule has 19 heavy (non-hydrogen) atoms. The van der Waals surface area contributed by atoms with Gasteiger partial charge in [-0.15, -0.1) is 0 Å². The topological polar surface area (TPSA) is 67.9 Å². The van der Waals surface area contributed by atoms with Crippen LogP contribution >= 0.6 is 15.9 Å². The van der Waals surface area contributed by atoms with E-state index >= 15 is 0 Å². The van der Waals surface area contributed by atoms with Crippen molar-refractivity contribution in [3.63, 3.8) is 0 Å². The van der Waals surface area contributed by atoms with E-state index in [-0.39, 0.29) is 6.04 Å². The van der Waals surface area contributed by atoms with Gasteiger partial charge in [-0.1, -0.05) is 6.07 Å². The molecule has 1 fully saturated rings. The molecule has 0 bridgehead atoms. The van der Waals surface area contributed by atoms with Crippen molar-refractivity contribution < 1.29 is 0 Å². The molecule has 0 aromatic carbocycles. The van der Waals surface area contributed by atoms with Crippen LogP contribution in [-0.4, -0.2) is 21.5 Å². The number of hydrogen-bond acceptors (Lipinski definition) is 5.